The van der Waals surface area contributed by atoms with Crippen molar-refractivity contribution < 1.29 is 23.2 Å². The van der Waals surface area contributed by atoms with Crippen molar-refractivity contribution in [2.45, 2.75) is 26.4 Å². The number of hydrogen-bond donors (Lipinski definition) is 0. The molecule has 0 spiro atoms. The number of nitro benzene ring substituents is 1. The molecule has 0 N–H and O–H groups in total. The van der Waals surface area contributed by atoms with Gasteiger partial charge in [0.2, 0.25) is 5.82 Å². The Kier molecular flexibility index (Phi) is 4.91. The minimum absolute atomic E-state index is 0.0538. The molecular weight excluding hydrogens is 324 g/mol. The van der Waals surface area contributed by atoms with Gasteiger partial charge in [-0.1, -0.05) is 0 Å². The molecular formula is C15H19F2N3O4. The fourth-order valence-corrected chi connectivity index (χ4v) is 2.37. The average molecular weight is 343 g/mol. The number of anilines is 1. The van der Waals surface area contributed by atoms with Gasteiger partial charge in [0.05, 0.1) is 10.6 Å². The lowest BCUT2D eigenvalue weighted by molar-refractivity contribution is -0.387. The molecule has 7 nitrogen and oxygen atoms in total. The van der Waals surface area contributed by atoms with E-state index in [1.54, 1.807) is 25.7 Å². The predicted octanol–water partition coefficient (Wildman–Crippen LogP) is 2.93. The topological polar surface area (TPSA) is 75.9 Å². The molecule has 1 fully saturated rings. The number of ether oxygens (including phenoxy) is 1. The summed E-state index contributed by atoms with van der Waals surface area (Å²) >= 11 is 0. The zero-order chi connectivity index (χ0) is 18.1. The maximum atomic E-state index is 14.1. The van der Waals surface area contributed by atoms with E-state index in [1.165, 1.54) is 11.0 Å². The monoisotopic (exact) mass is 343 g/mol. The van der Waals surface area contributed by atoms with Crippen molar-refractivity contribution in [3.05, 3.63) is 33.9 Å². The van der Waals surface area contributed by atoms with Gasteiger partial charge in [-0.3, -0.25) is 10.1 Å². The molecule has 0 unspecified atom stereocenters. The lowest BCUT2D eigenvalue weighted by Crippen LogP contribution is -2.50. The largest absolute Gasteiger partial charge is 0.444 e. The molecule has 0 atom stereocenters. The summed E-state index contributed by atoms with van der Waals surface area (Å²) in [5.41, 5.74) is -1.56. The van der Waals surface area contributed by atoms with E-state index in [1.807, 2.05) is 0 Å². The van der Waals surface area contributed by atoms with Crippen LogP contribution in [-0.2, 0) is 4.74 Å². The van der Waals surface area contributed by atoms with Gasteiger partial charge in [-0.05, 0) is 26.8 Å². The van der Waals surface area contributed by atoms with Gasteiger partial charge in [0, 0.05) is 32.2 Å². The second kappa shape index (κ2) is 6.58. The van der Waals surface area contributed by atoms with E-state index in [-0.39, 0.29) is 31.9 Å². The summed E-state index contributed by atoms with van der Waals surface area (Å²) < 4.78 is 33.1. The third kappa shape index (κ3) is 3.90. The van der Waals surface area contributed by atoms with E-state index >= 15 is 0 Å². The molecule has 24 heavy (non-hydrogen) atoms. The van der Waals surface area contributed by atoms with Crippen LogP contribution in [0.3, 0.4) is 0 Å². The van der Waals surface area contributed by atoms with Gasteiger partial charge in [0.1, 0.15) is 5.60 Å². The molecule has 1 amide bonds. The SMILES string of the molecule is CC(C)(C)OC(=O)N1CCN(c2ccc([N+](=O)[O-])c(F)c2F)CC1. The molecule has 0 saturated carbocycles. The van der Waals surface area contributed by atoms with Crippen LogP contribution in [0.4, 0.5) is 25.0 Å². The summed E-state index contributed by atoms with van der Waals surface area (Å²) in [6.07, 6.45) is -0.461. The highest BCUT2D eigenvalue weighted by atomic mass is 19.2. The zero-order valence-electron chi connectivity index (χ0n) is 13.7. The summed E-state index contributed by atoms with van der Waals surface area (Å²) in [6, 6.07) is 2.12. The lowest BCUT2D eigenvalue weighted by atomic mass is 10.2. The second-order valence-electron chi connectivity index (χ2n) is 6.44. The Morgan fingerprint density at radius 2 is 1.75 bits per heavy atom. The Morgan fingerprint density at radius 1 is 1.17 bits per heavy atom. The van der Waals surface area contributed by atoms with Gasteiger partial charge >= 0.3 is 11.8 Å². The number of nitrogens with zero attached hydrogens (tertiary/aromatic N) is 3. The first-order valence-corrected chi connectivity index (χ1v) is 7.45. The van der Waals surface area contributed by atoms with E-state index in [0.717, 1.165) is 6.07 Å². The molecule has 9 heteroatoms. The maximum Gasteiger partial charge on any atom is 0.410 e. The number of nitro groups is 1. The Balaban J connectivity index is 2.06. The Bertz CT molecular complexity index is 653. The van der Waals surface area contributed by atoms with Crippen molar-refractivity contribution in [2.75, 3.05) is 31.1 Å². The number of piperazine rings is 1. The molecule has 1 heterocycles. The Labute approximate surface area is 137 Å². The number of carbonyl (C=O) groups is 1. The van der Waals surface area contributed by atoms with Gasteiger partial charge in [-0.2, -0.15) is 4.39 Å². The van der Waals surface area contributed by atoms with Crippen molar-refractivity contribution in [3.63, 3.8) is 0 Å². The van der Waals surface area contributed by atoms with Crippen LogP contribution in [-0.4, -0.2) is 47.7 Å². The normalized spacial score (nSPS) is 15.4. The van der Waals surface area contributed by atoms with Crippen LogP contribution in [0.15, 0.2) is 12.1 Å². The fraction of sp³-hybridized carbons (Fsp3) is 0.533. The van der Waals surface area contributed by atoms with Gasteiger partial charge in [-0.15, -0.1) is 0 Å². The number of amides is 1. The fourth-order valence-electron chi connectivity index (χ4n) is 2.37. The first kappa shape index (κ1) is 17.9. The van der Waals surface area contributed by atoms with Crippen LogP contribution in [0.2, 0.25) is 0 Å². The molecule has 1 aliphatic rings. The minimum atomic E-state index is -1.48. The number of halogens is 2. The van der Waals surface area contributed by atoms with Gasteiger partial charge in [0.15, 0.2) is 5.82 Å². The summed E-state index contributed by atoms with van der Waals surface area (Å²) in [6.45, 7) is 6.39. The molecule has 0 bridgehead atoms. The first-order valence-electron chi connectivity index (χ1n) is 7.45. The third-order valence-corrected chi connectivity index (χ3v) is 3.51. The molecule has 132 valence electrons. The van der Waals surface area contributed by atoms with Crippen LogP contribution in [0.1, 0.15) is 20.8 Å². The molecule has 2 rings (SSSR count). The standard InChI is InChI=1S/C15H19F2N3O4/c1-15(2,3)24-14(21)19-8-6-18(7-9-19)10-4-5-11(20(22)23)13(17)12(10)16/h4-5H,6-9H2,1-3H3. The number of hydrogen-bond acceptors (Lipinski definition) is 5. The Morgan fingerprint density at radius 3 is 2.25 bits per heavy atom. The maximum absolute atomic E-state index is 14.1. The summed E-state index contributed by atoms with van der Waals surface area (Å²) in [4.78, 5) is 24.7. The van der Waals surface area contributed by atoms with Crippen molar-refractivity contribution in [1.82, 2.24) is 4.90 Å². The van der Waals surface area contributed by atoms with Crippen LogP contribution in [0.25, 0.3) is 0 Å². The van der Waals surface area contributed by atoms with Gasteiger partial charge in [0.25, 0.3) is 0 Å². The van der Waals surface area contributed by atoms with Crippen LogP contribution < -0.4 is 4.90 Å². The highest BCUT2D eigenvalue weighted by molar-refractivity contribution is 5.68. The average Bonchev–Trinajstić information content (AvgIpc) is 2.48. The summed E-state index contributed by atoms with van der Waals surface area (Å²) in [7, 11) is 0. The molecule has 1 aromatic rings. The second-order valence-corrected chi connectivity index (χ2v) is 6.44. The predicted molar refractivity (Wildman–Crippen MR) is 83.0 cm³/mol. The third-order valence-electron chi connectivity index (χ3n) is 3.51. The van der Waals surface area contributed by atoms with E-state index in [4.69, 9.17) is 4.74 Å². The Hall–Kier alpha value is -2.45. The van der Waals surface area contributed by atoms with Crippen molar-refractivity contribution in [1.29, 1.82) is 0 Å². The summed E-state index contributed by atoms with van der Waals surface area (Å²) in [5, 5.41) is 10.6. The number of rotatable bonds is 2. The van der Waals surface area contributed by atoms with Crippen molar-refractivity contribution in [2.24, 2.45) is 0 Å². The van der Waals surface area contributed by atoms with Gasteiger partial charge in [-0.25, -0.2) is 9.18 Å². The molecule has 0 radical (unpaired) electrons. The molecule has 0 aromatic heterocycles. The lowest BCUT2D eigenvalue weighted by Gasteiger charge is -2.36. The molecule has 1 saturated heterocycles. The van der Waals surface area contributed by atoms with E-state index in [9.17, 15) is 23.7 Å². The summed E-state index contributed by atoms with van der Waals surface area (Å²) in [5.74, 6) is -2.73. The van der Waals surface area contributed by atoms with Crippen molar-refractivity contribution >= 4 is 17.5 Å². The van der Waals surface area contributed by atoms with E-state index in [2.05, 4.69) is 0 Å². The van der Waals surface area contributed by atoms with Crippen molar-refractivity contribution in [3.8, 4) is 0 Å². The quantitative estimate of drug-likeness (QED) is 0.610. The van der Waals surface area contributed by atoms with E-state index in [0.29, 0.717) is 0 Å². The van der Waals surface area contributed by atoms with Crippen LogP contribution in [0.5, 0.6) is 0 Å². The molecule has 0 aliphatic carbocycles. The smallest absolute Gasteiger partial charge is 0.410 e. The first-order chi connectivity index (χ1) is 11.1. The number of benzene rings is 1. The van der Waals surface area contributed by atoms with Crippen LogP contribution >= 0.6 is 0 Å². The van der Waals surface area contributed by atoms with Crippen LogP contribution in [0, 0.1) is 21.7 Å². The highest BCUT2D eigenvalue weighted by Gasteiger charge is 2.29. The van der Waals surface area contributed by atoms with Gasteiger partial charge < -0.3 is 14.5 Å². The number of carbonyl (C=O) groups excluding carboxylic acids is 1. The van der Waals surface area contributed by atoms with E-state index < -0.39 is 33.9 Å². The highest BCUT2D eigenvalue weighted by Crippen LogP contribution is 2.29. The molecule has 1 aliphatic heterocycles. The molecule has 1 aromatic carbocycles. The minimum Gasteiger partial charge on any atom is -0.444 e. The zero-order valence-corrected chi connectivity index (χ0v) is 13.7.